The smallest absolute Gasteiger partial charge is 0.241 e. The first-order valence-electron chi connectivity index (χ1n) is 7.53. The van der Waals surface area contributed by atoms with Crippen LogP contribution in [0.15, 0.2) is 11.0 Å². The normalized spacial score (nSPS) is 16.3. The van der Waals surface area contributed by atoms with Crippen LogP contribution in [0, 0.1) is 27.7 Å². The van der Waals surface area contributed by atoms with E-state index in [4.69, 9.17) is 0 Å². The second kappa shape index (κ2) is 6.01. The maximum atomic E-state index is 12.7. The average Bonchev–Trinajstić information content (AvgIpc) is 2.33. The number of amides is 1. The molecule has 6 heteroatoms. The third-order valence-corrected chi connectivity index (χ3v) is 6.25. The van der Waals surface area contributed by atoms with Gasteiger partial charge >= 0.3 is 0 Å². The number of sulfonamides is 1. The van der Waals surface area contributed by atoms with Crippen LogP contribution >= 0.6 is 0 Å². The fraction of sp³-hybridized carbons (Fsp3) is 0.562. The maximum Gasteiger partial charge on any atom is 0.241 e. The molecule has 0 spiro atoms. The van der Waals surface area contributed by atoms with Crippen molar-refractivity contribution in [2.24, 2.45) is 0 Å². The van der Waals surface area contributed by atoms with Crippen molar-refractivity contribution in [3.8, 4) is 0 Å². The van der Waals surface area contributed by atoms with Gasteiger partial charge in [0.1, 0.15) is 0 Å². The molecule has 1 amide bonds. The van der Waals surface area contributed by atoms with Gasteiger partial charge in [0.05, 0.1) is 10.9 Å². The quantitative estimate of drug-likeness (QED) is 0.919. The summed E-state index contributed by atoms with van der Waals surface area (Å²) in [6.07, 6.45) is 0.987. The number of rotatable bonds is 4. The van der Waals surface area contributed by atoms with Crippen molar-refractivity contribution in [2.45, 2.75) is 52.0 Å². The molecule has 122 valence electrons. The van der Waals surface area contributed by atoms with Crippen LogP contribution in [0.2, 0.25) is 0 Å². The van der Waals surface area contributed by atoms with Crippen LogP contribution in [-0.4, -0.2) is 38.4 Å². The van der Waals surface area contributed by atoms with Gasteiger partial charge in [-0.25, -0.2) is 8.42 Å². The third-order valence-electron chi connectivity index (χ3n) is 4.44. The van der Waals surface area contributed by atoms with E-state index in [1.807, 2.05) is 19.9 Å². The number of carbonyl (C=O) groups excluding carboxylic acids is 1. The Morgan fingerprint density at radius 1 is 1.14 bits per heavy atom. The zero-order valence-corrected chi connectivity index (χ0v) is 14.7. The number of likely N-dealkylation sites (tertiary alicyclic amines) is 1. The molecule has 2 rings (SSSR count). The van der Waals surface area contributed by atoms with E-state index in [1.54, 1.807) is 25.7 Å². The molecule has 0 bridgehead atoms. The van der Waals surface area contributed by atoms with Crippen LogP contribution in [0.3, 0.4) is 0 Å². The monoisotopic (exact) mass is 324 g/mol. The van der Waals surface area contributed by atoms with Crippen molar-refractivity contribution >= 4 is 15.9 Å². The van der Waals surface area contributed by atoms with Gasteiger partial charge in [-0.15, -0.1) is 0 Å². The van der Waals surface area contributed by atoms with Crippen LogP contribution in [0.4, 0.5) is 0 Å². The minimum Gasteiger partial charge on any atom is -0.341 e. The van der Waals surface area contributed by atoms with Crippen LogP contribution in [0.1, 0.15) is 35.6 Å². The summed E-state index contributed by atoms with van der Waals surface area (Å²) in [6.45, 7) is 10.4. The lowest BCUT2D eigenvalue weighted by molar-refractivity contribution is -0.136. The van der Waals surface area contributed by atoms with Crippen molar-refractivity contribution in [3.05, 3.63) is 28.3 Å². The summed E-state index contributed by atoms with van der Waals surface area (Å²) in [5, 5.41) is 0. The van der Waals surface area contributed by atoms with Crippen LogP contribution in [0.25, 0.3) is 0 Å². The van der Waals surface area contributed by atoms with E-state index < -0.39 is 16.1 Å². The molecule has 22 heavy (non-hydrogen) atoms. The maximum absolute atomic E-state index is 12.7. The van der Waals surface area contributed by atoms with E-state index in [-0.39, 0.29) is 5.91 Å². The Labute approximate surface area is 132 Å². The van der Waals surface area contributed by atoms with E-state index in [9.17, 15) is 13.2 Å². The molecular weight excluding hydrogens is 300 g/mol. The van der Waals surface area contributed by atoms with Crippen LogP contribution in [-0.2, 0) is 14.8 Å². The highest BCUT2D eigenvalue weighted by Gasteiger charge is 2.30. The molecule has 1 heterocycles. The van der Waals surface area contributed by atoms with E-state index in [1.165, 1.54) is 0 Å². The second-order valence-corrected chi connectivity index (χ2v) is 7.76. The van der Waals surface area contributed by atoms with E-state index in [0.717, 1.165) is 28.7 Å². The van der Waals surface area contributed by atoms with Crippen molar-refractivity contribution < 1.29 is 13.2 Å². The molecule has 1 aromatic carbocycles. The fourth-order valence-electron chi connectivity index (χ4n) is 2.74. The third kappa shape index (κ3) is 3.03. The highest BCUT2D eigenvalue weighted by Crippen LogP contribution is 2.26. The predicted molar refractivity (Wildman–Crippen MR) is 86.4 cm³/mol. The standard InChI is InChI=1S/C16H24N2O3S/c1-10-9-11(2)13(4)15(12(10)3)22(20,21)17-14(5)16(19)18-7-6-8-18/h9,14,17H,6-8H2,1-5H3/t14-/m0/s1. The fourth-order valence-corrected chi connectivity index (χ4v) is 4.55. The summed E-state index contributed by atoms with van der Waals surface area (Å²) >= 11 is 0. The average molecular weight is 324 g/mol. The Bertz CT molecular complexity index is 680. The van der Waals surface area contributed by atoms with Crippen LogP contribution in [0.5, 0.6) is 0 Å². The first kappa shape index (κ1) is 17.0. The molecule has 1 saturated heterocycles. The minimum absolute atomic E-state index is 0.158. The van der Waals surface area contributed by atoms with Gasteiger partial charge in [0.15, 0.2) is 0 Å². The lowest BCUT2D eigenvalue weighted by Crippen LogP contribution is -2.51. The molecule has 0 aromatic heterocycles. The number of nitrogens with one attached hydrogen (secondary N) is 1. The Hall–Kier alpha value is -1.40. The number of nitrogens with zero attached hydrogens (tertiary/aromatic N) is 1. The van der Waals surface area contributed by atoms with Gasteiger partial charge in [-0.3, -0.25) is 4.79 Å². The van der Waals surface area contributed by atoms with Gasteiger partial charge < -0.3 is 4.90 Å². The summed E-state index contributed by atoms with van der Waals surface area (Å²) in [5.74, 6) is -0.158. The highest BCUT2D eigenvalue weighted by molar-refractivity contribution is 7.89. The summed E-state index contributed by atoms with van der Waals surface area (Å²) in [6, 6.07) is 1.24. The molecule has 1 atom stereocenters. The van der Waals surface area contributed by atoms with Crippen molar-refractivity contribution in [3.63, 3.8) is 0 Å². The summed E-state index contributed by atoms with van der Waals surface area (Å²) < 4.78 is 28.0. The molecule has 1 aliphatic rings. The number of hydrogen-bond acceptors (Lipinski definition) is 3. The lowest BCUT2D eigenvalue weighted by Gasteiger charge is -2.33. The minimum atomic E-state index is -3.73. The number of benzene rings is 1. The summed E-state index contributed by atoms with van der Waals surface area (Å²) in [7, 11) is -3.73. The van der Waals surface area contributed by atoms with E-state index >= 15 is 0 Å². The largest absolute Gasteiger partial charge is 0.341 e. The molecule has 5 nitrogen and oxygen atoms in total. The molecule has 1 fully saturated rings. The highest BCUT2D eigenvalue weighted by atomic mass is 32.2. The Morgan fingerprint density at radius 3 is 2.05 bits per heavy atom. The Kier molecular flexibility index (Phi) is 4.63. The first-order chi connectivity index (χ1) is 10.1. The summed E-state index contributed by atoms with van der Waals surface area (Å²) in [4.78, 5) is 14.1. The first-order valence-corrected chi connectivity index (χ1v) is 9.02. The molecule has 0 unspecified atom stereocenters. The number of hydrogen-bond donors (Lipinski definition) is 1. The topological polar surface area (TPSA) is 66.5 Å². The number of aryl methyl sites for hydroxylation is 2. The van der Waals surface area contributed by atoms with Crippen molar-refractivity contribution in [1.29, 1.82) is 0 Å². The van der Waals surface area contributed by atoms with Gasteiger partial charge in [-0.1, -0.05) is 6.07 Å². The van der Waals surface area contributed by atoms with Gasteiger partial charge in [0.25, 0.3) is 0 Å². The zero-order chi connectivity index (χ0) is 16.7. The molecule has 1 aromatic rings. The SMILES string of the molecule is Cc1cc(C)c(C)c(S(=O)(=O)N[C@@H](C)C(=O)N2CCC2)c1C. The van der Waals surface area contributed by atoms with E-state index in [2.05, 4.69) is 4.72 Å². The van der Waals surface area contributed by atoms with Crippen molar-refractivity contribution in [2.75, 3.05) is 13.1 Å². The van der Waals surface area contributed by atoms with Gasteiger partial charge in [-0.05, 0) is 63.3 Å². The lowest BCUT2D eigenvalue weighted by atomic mass is 10.0. The zero-order valence-electron chi connectivity index (χ0n) is 13.9. The molecule has 0 aliphatic carbocycles. The molecule has 0 saturated carbocycles. The molecule has 0 radical (unpaired) electrons. The molecule has 1 aliphatic heterocycles. The Morgan fingerprint density at radius 2 is 1.64 bits per heavy atom. The van der Waals surface area contributed by atoms with Gasteiger partial charge in [-0.2, -0.15) is 4.72 Å². The second-order valence-electron chi connectivity index (χ2n) is 6.11. The Balaban J connectivity index is 2.33. The number of carbonyl (C=O) groups is 1. The van der Waals surface area contributed by atoms with Gasteiger partial charge in [0.2, 0.25) is 15.9 Å². The van der Waals surface area contributed by atoms with Crippen LogP contribution < -0.4 is 4.72 Å². The predicted octanol–water partition coefficient (Wildman–Crippen LogP) is 1.82. The summed E-state index contributed by atoms with van der Waals surface area (Å²) in [5.41, 5.74) is 3.34. The molecular formula is C16H24N2O3S. The van der Waals surface area contributed by atoms with E-state index in [0.29, 0.717) is 18.0 Å². The molecule has 1 N–H and O–H groups in total. The van der Waals surface area contributed by atoms with Crippen molar-refractivity contribution in [1.82, 2.24) is 9.62 Å². The van der Waals surface area contributed by atoms with Gasteiger partial charge in [0, 0.05) is 13.1 Å².